The number of hydrogen-bond donors (Lipinski definition) is 2. The number of nitrogens with two attached hydrogens (primary N) is 1. The second kappa shape index (κ2) is 8.25. The van der Waals surface area contributed by atoms with Crippen LogP contribution in [0.3, 0.4) is 0 Å². The highest BCUT2D eigenvalue weighted by atomic mass is 16.4. The molecule has 0 aliphatic heterocycles. The highest BCUT2D eigenvalue weighted by molar-refractivity contribution is 5.98. The highest BCUT2D eigenvalue weighted by Gasteiger charge is 2.21. The van der Waals surface area contributed by atoms with Crippen molar-refractivity contribution in [3.63, 3.8) is 0 Å². The summed E-state index contributed by atoms with van der Waals surface area (Å²) in [5, 5.41) is 15.9. The van der Waals surface area contributed by atoms with Gasteiger partial charge in [-0.15, -0.1) is 0 Å². The fourth-order valence-corrected chi connectivity index (χ4v) is 3.98. The Hall–Kier alpha value is -3.86. The molecule has 0 amide bonds. The molecule has 0 aliphatic carbocycles. The van der Waals surface area contributed by atoms with E-state index < -0.39 is 5.97 Å². The van der Waals surface area contributed by atoms with Gasteiger partial charge in [0.2, 0.25) is 0 Å². The highest BCUT2D eigenvalue weighted by Crippen LogP contribution is 2.30. The molecule has 0 radical (unpaired) electrons. The van der Waals surface area contributed by atoms with Gasteiger partial charge in [-0.05, 0) is 46.0 Å². The maximum Gasteiger partial charge on any atom is 0.338 e. The third-order valence-electron chi connectivity index (χ3n) is 5.33. The van der Waals surface area contributed by atoms with Crippen molar-refractivity contribution < 1.29 is 9.90 Å². The molecule has 1 heterocycles. The van der Waals surface area contributed by atoms with E-state index in [9.17, 15) is 9.90 Å². The summed E-state index contributed by atoms with van der Waals surface area (Å²) < 4.78 is 2.05. The summed E-state index contributed by atoms with van der Waals surface area (Å²) in [4.78, 5) is 12.2. The molecule has 0 aliphatic rings. The lowest BCUT2D eigenvalue weighted by Crippen LogP contribution is -2.07. The number of hydrazone groups is 1. The molecule has 150 valence electrons. The molecule has 4 rings (SSSR count). The van der Waals surface area contributed by atoms with Crippen LogP contribution in [0.25, 0.3) is 21.9 Å². The molecule has 1 aromatic heterocycles. The minimum atomic E-state index is -0.919. The first kappa shape index (κ1) is 19.5. The molecule has 0 saturated heterocycles. The lowest BCUT2D eigenvalue weighted by atomic mass is 10.0. The Bertz CT molecular complexity index is 1250. The number of hydrogen-bond acceptors (Lipinski definition) is 3. The molecule has 3 aromatic carbocycles. The minimum Gasteiger partial charge on any atom is -0.478 e. The number of carboxylic acids is 1. The van der Waals surface area contributed by atoms with Crippen LogP contribution in [0.2, 0.25) is 0 Å². The quantitative estimate of drug-likeness (QED) is 0.276. The van der Waals surface area contributed by atoms with Gasteiger partial charge >= 0.3 is 5.97 Å². The third-order valence-corrected chi connectivity index (χ3v) is 5.33. The topological polar surface area (TPSA) is 80.6 Å². The summed E-state index contributed by atoms with van der Waals surface area (Å²) in [5.41, 5.74) is 4.64. The first-order chi connectivity index (χ1) is 14.6. The number of carboxylic acid groups (broad SMARTS) is 1. The second-order valence-electron chi connectivity index (χ2n) is 7.24. The van der Waals surface area contributed by atoms with Gasteiger partial charge in [-0.2, -0.15) is 5.10 Å². The van der Waals surface area contributed by atoms with E-state index >= 15 is 0 Å². The molecule has 0 unspecified atom stereocenters. The van der Waals surface area contributed by atoms with E-state index in [2.05, 4.69) is 35.4 Å². The van der Waals surface area contributed by atoms with Crippen molar-refractivity contribution in [1.29, 1.82) is 0 Å². The van der Waals surface area contributed by atoms with Crippen molar-refractivity contribution in [3.8, 4) is 11.1 Å². The van der Waals surface area contributed by atoms with E-state index in [0.717, 1.165) is 22.4 Å². The standard InChI is InChI=1S/C25H23N3O2/c1-2-23-24(25(29)30)22(21-9-5-6-17(12-21)14-27-26)16-28(23)15-18-10-11-19-7-3-4-8-20(19)13-18/h3-14,16H,2,15,26H2,1H3,(H,29,30). The van der Waals surface area contributed by atoms with E-state index in [0.29, 0.717) is 24.1 Å². The predicted octanol–water partition coefficient (Wildman–Crippen LogP) is 4.91. The Morgan fingerprint density at radius 3 is 2.60 bits per heavy atom. The van der Waals surface area contributed by atoms with Crippen molar-refractivity contribution in [3.05, 3.63) is 95.3 Å². The molecule has 0 fully saturated rings. The number of aromatic nitrogens is 1. The van der Waals surface area contributed by atoms with Gasteiger partial charge in [-0.3, -0.25) is 0 Å². The molecular weight excluding hydrogens is 374 g/mol. The molecule has 0 spiro atoms. The first-order valence-corrected chi connectivity index (χ1v) is 9.87. The van der Waals surface area contributed by atoms with Crippen LogP contribution in [0, 0.1) is 0 Å². The maximum atomic E-state index is 12.2. The lowest BCUT2D eigenvalue weighted by Gasteiger charge is -2.10. The average molecular weight is 397 g/mol. The minimum absolute atomic E-state index is 0.347. The molecule has 5 heteroatoms. The Labute approximate surface area is 175 Å². The number of carbonyl (C=O) groups is 1. The van der Waals surface area contributed by atoms with Crippen LogP contribution in [-0.2, 0) is 13.0 Å². The van der Waals surface area contributed by atoms with Crippen LogP contribution in [0.5, 0.6) is 0 Å². The van der Waals surface area contributed by atoms with Gasteiger partial charge in [0.05, 0.1) is 11.8 Å². The van der Waals surface area contributed by atoms with E-state index in [4.69, 9.17) is 5.84 Å². The summed E-state index contributed by atoms with van der Waals surface area (Å²) in [7, 11) is 0. The molecule has 0 bridgehead atoms. The largest absolute Gasteiger partial charge is 0.478 e. The lowest BCUT2D eigenvalue weighted by molar-refractivity contribution is 0.0696. The summed E-state index contributed by atoms with van der Waals surface area (Å²) in [6.07, 6.45) is 4.12. The Morgan fingerprint density at radius 1 is 1.07 bits per heavy atom. The van der Waals surface area contributed by atoms with Gasteiger partial charge in [-0.25, -0.2) is 4.79 Å². The van der Waals surface area contributed by atoms with Gasteiger partial charge in [0.15, 0.2) is 0 Å². The van der Waals surface area contributed by atoms with Gasteiger partial charge in [0.25, 0.3) is 0 Å². The fourth-order valence-electron chi connectivity index (χ4n) is 3.98. The smallest absolute Gasteiger partial charge is 0.338 e. The van der Waals surface area contributed by atoms with Crippen LogP contribution in [0.15, 0.2) is 78.0 Å². The molecule has 4 aromatic rings. The zero-order valence-electron chi connectivity index (χ0n) is 16.7. The Morgan fingerprint density at radius 2 is 1.87 bits per heavy atom. The molecule has 3 N–H and O–H groups in total. The third kappa shape index (κ3) is 3.70. The average Bonchev–Trinajstić information content (AvgIpc) is 3.12. The van der Waals surface area contributed by atoms with Crippen LogP contribution in [0.1, 0.15) is 34.1 Å². The van der Waals surface area contributed by atoms with E-state index in [1.54, 1.807) is 6.21 Å². The number of rotatable bonds is 6. The number of aromatic carboxylic acids is 1. The zero-order valence-corrected chi connectivity index (χ0v) is 16.7. The van der Waals surface area contributed by atoms with Crippen molar-refractivity contribution in [2.24, 2.45) is 10.9 Å². The zero-order chi connectivity index (χ0) is 21.1. The second-order valence-corrected chi connectivity index (χ2v) is 7.24. The van der Waals surface area contributed by atoms with Crippen LogP contribution >= 0.6 is 0 Å². The summed E-state index contributed by atoms with van der Waals surface area (Å²) in [5.74, 6) is 4.35. The van der Waals surface area contributed by atoms with Gasteiger partial charge in [-0.1, -0.05) is 61.5 Å². The molecule has 0 atom stereocenters. The fraction of sp³-hybridized carbons (Fsp3) is 0.120. The van der Waals surface area contributed by atoms with E-state index in [1.807, 2.05) is 54.1 Å². The van der Waals surface area contributed by atoms with Gasteiger partial charge < -0.3 is 15.5 Å². The monoisotopic (exact) mass is 397 g/mol. The maximum absolute atomic E-state index is 12.2. The molecule has 30 heavy (non-hydrogen) atoms. The molecule has 0 saturated carbocycles. The van der Waals surface area contributed by atoms with Crippen molar-refractivity contribution in [2.75, 3.05) is 0 Å². The SMILES string of the molecule is CCc1c(C(=O)O)c(-c2cccc(C=NN)c2)cn1Cc1ccc2ccccc2c1. The van der Waals surface area contributed by atoms with Gasteiger partial charge in [0.1, 0.15) is 0 Å². The van der Waals surface area contributed by atoms with E-state index in [-0.39, 0.29) is 0 Å². The van der Waals surface area contributed by atoms with E-state index in [1.165, 1.54) is 10.8 Å². The number of benzene rings is 3. The Balaban J connectivity index is 1.81. The Kier molecular flexibility index (Phi) is 5.35. The molecular formula is C25H23N3O2. The van der Waals surface area contributed by atoms with Crippen LogP contribution in [0.4, 0.5) is 0 Å². The normalized spacial score (nSPS) is 11.4. The summed E-state index contributed by atoms with van der Waals surface area (Å²) in [6.45, 7) is 2.60. The first-order valence-electron chi connectivity index (χ1n) is 9.87. The summed E-state index contributed by atoms with van der Waals surface area (Å²) >= 11 is 0. The number of fused-ring (bicyclic) bond motifs is 1. The van der Waals surface area contributed by atoms with Crippen molar-refractivity contribution >= 4 is 23.0 Å². The summed E-state index contributed by atoms with van der Waals surface area (Å²) in [6, 6.07) is 22.2. The van der Waals surface area contributed by atoms with Crippen molar-refractivity contribution in [2.45, 2.75) is 19.9 Å². The van der Waals surface area contributed by atoms with Crippen LogP contribution in [-0.4, -0.2) is 21.9 Å². The molecule has 5 nitrogen and oxygen atoms in total. The van der Waals surface area contributed by atoms with Crippen molar-refractivity contribution in [1.82, 2.24) is 4.57 Å². The van der Waals surface area contributed by atoms with Gasteiger partial charge in [0, 0.05) is 24.0 Å². The predicted molar refractivity (Wildman–Crippen MR) is 121 cm³/mol. The van der Waals surface area contributed by atoms with Crippen LogP contribution < -0.4 is 5.84 Å². The number of nitrogens with zero attached hydrogens (tertiary/aromatic N) is 2.